The van der Waals surface area contributed by atoms with Crippen LogP contribution in [0.4, 0.5) is 0 Å². The van der Waals surface area contributed by atoms with E-state index in [-0.39, 0.29) is 18.6 Å². The topological polar surface area (TPSA) is 64.6 Å². The van der Waals surface area contributed by atoms with E-state index in [4.69, 9.17) is 9.47 Å². The van der Waals surface area contributed by atoms with E-state index in [0.29, 0.717) is 5.75 Å². The minimum absolute atomic E-state index is 0.205. The van der Waals surface area contributed by atoms with E-state index in [0.717, 1.165) is 15.6 Å². The van der Waals surface area contributed by atoms with E-state index in [9.17, 15) is 9.59 Å². The van der Waals surface area contributed by atoms with Crippen molar-refractivity contribution >= 4 is 33.9 Å². The van der Waals surface area contributed by atoms with Crippen molar-refractivity contribution in [2.24, 2.45) is 0 Å². The van der Waals surface area contributed by atoms with Gasteiger partial charge in [0.25, 0.3) is 5.91 Å². The second-order valence-corrected chi connectivity index (χ2v) is 6.38. The summed E-state index contributed by atoms with van der Waals surface area (Å²) in [6, 6.07) is 14.7. The number of ether oxygens (including phenoxy) is 2. The molecule has 0 aliphatic carbocycles. The molecule has 6 heteroatoms. The second kappa shape index (κ2) is 9.77. The summed E-state index contributed by atoms with van der Waals surface area (Å²) in [6.07, 6.45) is 2.88. The van der Waals surface area contributed by atoms with Gasteiger partial charge in [0, 0.05) is 10.5 Å². The summed E-state index contributed by atoms with van der Waals surface area (Å²) in [5.41, 5.74) is 1.75. The molecule has 0 radical (unpaired) electrons. The fraction of sp³-hybridized carbons (Fsp3) is 0.200. The second-order valence-electron chi connectivity index (χ2n) is 5.53. The van der Waals surface area contributed by atoms with Crippen LogP contribution in [0.1, 0.15) is 24.1 Å². The molecule has 0 spiro atoms. The van der Waals surface area contributed by atoms with Crippen LogP contribution < -0.4 is 10.1 Å². The molecule has 0 aromatic heterocycles. The Morgan fingerprint density at radius 1 is 1.19 bits per heavy atom. The number of hydrogen-bond acceptors (Lipinski definition) is 4. The Hall–Kier alpha value is -2.60. The van der Waals surface area contributed by atoms with Crippen LogP contribution in [0.3, 0.4) is 0 Å². The summed E-state index contributed by atoms with van der Waals surface area (Å²) < 4.78 is 11.0. The summed E-state index contributed by atoms with van der Waals surface area (Å²) in [5.74, 6) is -0.256. The molecule has 5 nitrogen and oxygen atoms in total. The van der Waals surface area contributed by atoms with Crippen molar-refractivity contribution in [2.75, 3.05) is 13.7 Å². The first-order valence-corrected chi connectivity index (χ1v) is 8.81. The van der Waals surface area contributed by atoms with Crippen LogP contribution in [0.2, 0.25) is 0 Å². The van der Waals surface area contributed by atoms with E-state index in [1.165, 1.54) is 6.08 Å². The summed E-state index contributed by atoms with van der Waals surface area (Å²) in [7, 11) is 1.57. The number of carbonyl (C=O) groups excluding carboxylic acids is 2. The third kappa shape index (κ3) is 6.04. The van der Waals surface area contributed by atoms with Gasteiger partial charge in [-0.1, -0.05) is 46.3 Å². The first-order chi connectivity index (χ1) is 12.5. The Morgan fingerprint density at radius 2 is 1.96 bits per heavy atom. The number of methoxy groups -OCH3 is 1. The van der Waals surface area contributed by atoms with Crippen LogP contribution in [0, 0.1) is 0 Å². The van der Waals surface area contributed by atoms with Gasteiger partial charge in [0.2, 0.25) is 0 Å². The lowest BCUT2D eigenvalue weighted by molar-refractivity contribution is -0.144. The summed E-state index contributed by atoms with van der Waals surface area (Å²) >= 11 is 3.45. The van der Waals surface area contributed by atoms with Gasteiger partial charge in [-0.2, -0.15) is 0 Å². The Morgan fingerprint density at radius 3 is 2.69 bits per heavy atom. The van der Waals surface area contributed by atoms with Crippen LogP contribution in [0.5, 0.6) is 5.75 Å². The molecule has 26 heavy (non-hydrogen) atoms. The van der Waals surface area contributed by atoms with E-state index in [2.05, 4.69) is 21.2 Å². The SMILES string of the molecule is COc1cccc(/C=C/C(=O)OCC(=O)N[C@@H](C)c2ccccc2Br)c1. The van der Waals surface area contributed by atoms with E-state index in [1.807, 2.05) is 49.4 Å². The molecule has 0 heterocycles. The maximum Gasteiger partial charge on any atom is 0.331 e. The van der Waals surface area contributed by atoms with Crippen molar-refractivity contribution in [1.82, 2.24) is 5.32 Å². The number of halogens is 1. The van der Waals surface area contributed by atoms with Crippen LogP contribution in [0.25, 0.3) is 6.08 Å². The predicted molar refractivity (Wildman–Crippen MR) is 104 cm³/mol. The predicted octanol–water partition coefficient (Wildman–Crippen LogP) is 3.89. The number of carbonyl (C=O) groups is 2. The van der Waals surface area contributed by atoms with Crippen molar-refractivity contribution in [1.29, 1.82) is 0 Å². The first kappa shape index (κ1) is 19.7. The Bertz CT molecular complexity index is 804. The monoisotopic (exact) mass is 417 g/mol. The number of rotatable bonds is 7. The normalized spacial score (nSPS) is 11.8. The molecule has 1 atom stereocenters. The average molecular weight is 418 g/mol. The third-order valence-corrected chi connectivity index (χ3v) is 4.32. The van der Waals surface area contributed by atoms with Crippen molar-refractivity contribution in [2.45, 2.75) is 13.0 Å². The van der Waals surface area contributed by atoms with Crippen molar-refractivity contribution in [3.05, 3.63) is 70.2 Å². The highest BCUT2D eigenvalue weighted by Crippen LogP contribution is 2.22. The number of esters is 1. The largest absolute Gasteiger partial charge is 0.497 e. The molecular weight excluding hydrogens is 398 g/mol. The molecule has 0 unspecified atom stereocenters. The zero-order valence-electron chi connectivity index (χ0n) is 14.6. The van der Waals surface area contributed by atoms with E-state index < -0.39 is 5.97 Å². The lowest BCUT2D eigenvalue weighted by Gasteiger charge is -2.15. The van der Waals surface area contributed by atoms with Gasteiger partial charge in [0.1, 0.15) is 5.75 Å². The molecule has 2 rings (SSSR count). The van der Waals surface area contributed by atoms with Crippen LogP contribution in [-0.4, -0.2) is 25.6 Å². The zero-order chi connectivity index (χ0) is 18.9. The number of amides is 1. The molecule has 0 aliphatic heterocycles. The minimum atomic E-state index is -0.587. The molecule has 136 valence electrons. The molecule has 0 bridgehead atoms. The summed E-state index contributed by atoms with van der Waals surface area (Å²) in [5, 5.41) is 2.79. The molecule has 0 saturated carbocycles. The minimum Gasteiger partial charge on any atom is -0.497 e. The molecule has 0 fully saturated rings. The first-order valence-electron chi connectivity index (χ1n) is 8.02. The lowest BCUT2D eigenvalue weighted by Crippen LogP contribution is -2.31. The van der Waals surface area contributed by atoms with Gasteiger partial charge in [-0.25, -0.2) is 4.79 Å². The molecule has 0 saturated heterocycles. The van der Waals surface area contributed by atoms with Crippen LogP contribution in [-0.2, 0) is 14.3 Å². The van der Waals surface area contributed by atoms with Crippen LogP contribution >= 0.6 is 15.9 Å². The molecular formula is C20H20BrNO4. The van der Waals surface area contributed by atoms with Crippen molar-refractivity contribution in [3.63, 3.8) is 0 Å². The standard InChI is InChI=1S/C20H20BrNO4/c1-14(17-8-3-4-9-18(17)21)22-19(23)13-26-20(24)11-10-15-6-5-7-16(12-15)25-2/h3-12,14H,13H2,1-2H3,(H,22,23)/b11-10+/t14-/m0/s1. The Kier molecular flexibility index (Phi) is 7.41. The maximum absolute atomic E-state index is 12.0. The van der Waals surface area contributed by atoms with Gasteiger partial charge in [0.15, 0.2) is 6.61 Å². The zero-order valence-corrected chi connectivity index (χ0v) is 16.2. The fourth-order valence-corrected chi connectivity index (χ4v) is 2.91. The van der Waals surface area contributed by atoms with Gasteiger partial charge in [0.05, 0.1) is 13.2 Å². The number of benzene rings is 2. The Balaban J connectivity index is 1.82. The molecule has 0 aliphatic rings. The fourth-order valence-electron chi connectivity index (χ4n) is 2.28. The van der Waals surface area contributed by atoms with Crippen LogP contribution in [0.15, 0.2) is 59.1 Å². The van der Waals surface area contributed by atoms with Gasteiger partial charge < -0.3 is 14.8 Å². The lowest BCUT2D eigenvalue weighted by atomic mass is 10.1. The van der Waals surface area contributed by atoms with Gasteiger partial charge in [-0.3, -0.25) is 4.79 Å². The number of hydrogen-bond donors (Lipinski definition) is 1. The van der Waals surface area contributed by atoms with Gasteiger partial charge in [-0.05, 0) is 42.3 Å². The average Bonchev–Trinajstić information content (AvgIpc) is 2.65. The summed E-state index contributed by atoms with van der Waals surface area (Å²) in [4.78, 5) is 23.7. The summed E-state index contributed by atoms with van der Waals surface area (Å²) in [6.45, 7) is 1.53. The molecule has 2 aromatic rings. The van der Waals surface area contributed by atoms with Crippen molar-refractivity contribution < 1.29 is 19.1 Å². The highest BCUT2D eigenvalue weighted by Gasteiger charge is 2.13. The quantitative estimate of drug-likeness (QED) is 0.548. The Labute approximate surface area is 161 Å². The smallest absolute Gasteiger partial charge is 0.331 e. The molecule has 1 amide bonds. The molecule has 2 aromatic carbocycles. The van der Waals surface area contributed by atoms with E-state index >= 15 is 0 Å². The highest BCUT2D eigenvalue weighted by molar-refractivity contribution is 9.10. The van der Waals surface area contributed by atoms with Gasteiger partial charge >= 0.3 is 5.97 Å². The number of nitrogens with one attached hydrogen (secondary N) is 1. The van der Waals surface area contributed by atoms with Crippen molar-refractivity contribution in [3.8, 4) is 5.75 Å². The van der Waals surface area contributed by atoms with Gasteiger partial charge in [-0.15, -0.1) is 0 Å². The maximum atomic E-state index is 12.0. The molecule has 1 N–H and O–H groups in total. The highest BCUT2D eigenvalue weighted by atomic mass is 79.9. The third-order valence-electron chi connectivity index (χ3n) is 3.60. The van der Waals surface area contributed by atoms with E-state index in [1.54, 1.807) is 19.3 Å².